The van der Waals surface area contributed by atoms with Gasteiger partial charge in [0.1, 0.15) is 19.0 Å². The smallest absolute Gasteiger partial charge is 0.213 e. The van der Waals surface area contributed by atoms with Crippen LogP contribution in [0, 0.1) is 25.6 Å². The van der Waals surface area contributed by atoms with Gasteiger partial charge in [-0.15, -0.1) is 12.8 Å². The number of carbonyl (C=O) groups excluding carboxylic acids is 1. The highest BCUT2D eigenvalue weighted by atomic mass is 35.5. The normalized spacial score (nSPS) is 13.6. The zero-order valence-electron chi connectivity index (χ0n) is 24.7. The number of benzene rings is 2. The van der Waals surface area contributed by atoms with E-state index in [0.29, 0.717) is 34.5 Å². The lowest BCUT2D eigenvalue weighted by Gasteiger charge is -2.34. The highest BCUT2D eigenvalue weighted by Crippen LogP contribution is 2.29. The van der Waals surface area contributed by atoms with Crippen LogP contribution in [0.15, 0.2) is 71.4 Å². The van der Waals surface area contributed by atoms with Crippen LogP contribution in [0.4, 0.5) is 10.1 Å². The van der Waals surface area contributed by atoms with E-state index in [1.54, 1.807) is 30.5 Å². The lowest BCUT2D eigenvalue weighted by molar-refractivity contribution is 0.0903. The Morgan fingerprint density at radius 3 is 2.66 bits per heavy atom. The molecule has 2 aromatic heterocycles. The molecule has 4 aromatic rings. The molecule has 44 heavy (non-hydrogen) atoms. The van der Waals surface area contributed by atoms with Gasteiger partial charge in [-0.2, -0.15) is 0 Å². The van der Waals surface area contributed by atoms with E-state index in [0.717, 1.165) is 61.7 Å². The summed E-state index contributed by atoms with van der Waals surface area (Å²) in [5.41, 5.74) is 3.86. The molecule has 1 saturated heterocycles. The average Bonchev–Trinajstić information content (AvgIpc) is 3.57. The fraction of sp³-hybridized carbons (Fsp3) is 0.324. The molecule has 0 spiro atoms. The molecule has 0 unspecified atom stereocenters. The molecule has 5 rings (SSSR count). The van der Waals surface area contributed by atoms with E-state index in [4.69, 9.17) is 25.8 Å². The first kappa shape index (κ1) is 32.7. The number of ketones is 1. The number of likely N-dealkylation sites (tertiary alicyclic amines) is 1. The second kappa shape index (κ2) is 16.0. The molecule has 230 valence electrons. The van der Waals surface area contributed by atoms with Crippen molar-refractivity contribution >= 4 is 23.1 Å². The van der Waals surface area contributed by atoms with Crippen molar-refractivity contribution in [2.75, 3.05) is 37.7 Å². The summed E-state index contributed by atoms with van der Waals surface area (Å²) in [5.74, 6) is 0.819. The summed E-state index contributed by atoms with van der Waals surface area (Å²) in [6.45, 7) is 5.50. The number of carbonyl (C=O) groups is 1. The summed E-state index contributed by atoms with van der Waals surface area (Å²) < 4.78 is 25.3. The van der Waals surface area contributed by atoms with Crippen molar-refractivity contribution in [1.82, 2.24) is 15.0 Å². The maximum atomic E-state index is 14.1. The van der Waals surface area contributed by atoms with Crippen molar-refractivity contribution in [3.05, 3.63) is 106 Å². The zero-order valence-corrected chi connectivity index (χ0v) is 25.4. The first-order valence-corrected chi connectivity index (χ1v) is 14.8. The van der Waals surface area contributed by atoms with Crippen LogP contribution in [-0.4, -0.2) is 58.7 Å². The average molecular weight is 619 g/mol. The summed E-state index contributed by atoms with van der Waals surface area (Å²) in [6.07, 6.45) is 11.6. The van der Waals surface area contributed by atoms with Gasteiger partial charge in [-0.3, -0.25) is 4.79 Å². The molecule has 0 amide bonds. The molecule has 0 radical (unpaired) electrons. The van der Waals surface area contributed by atoms with E-state index in [1.807, 2.05) is 37.3 Å². The maximum Gasteiger partial charge on any atom is 0.213 e. The van der Waals surface area contributed by atoms with E-state index in [2.05, 4.69) is 27.8 Å². The van der Waals surface area contributed by atoms with Crippen molar-refractivity contribution in [1.29, 1.82) is 0 Å². The van der Waals surface area contributed by atoms with Crippen molar-refractivity contribution in [3.63, 3.8) is 0 Å². The number of Topliss-reactive ketones (excluding diaryl/α,β-unsaturated/α-hetero) is 1. The molecule has 1 N–H and O–H groups in total. The van der Waals surface area contributed by atoms with Gasteiger partial charge < -0.3 is 24.2 Å². The molecule has 2 aromatic carbocycles. The van der Waals surface area contributed by atoms with Gasteiger partial charge in [-0.05, 0) is 62.7 Å². The summed E-state index contributed by atoms with van der Waals surface area (Å²) in [7, 11) is 0. The van der Waals surface area contributed by atoms with Crippen LogP contribution in [0.1, 0.15) is 51.7 Å². The Kier molecular flexibility index (Phi) is 11.9. The van der Waals surface area contributed by atoms with Crippen molar-refractivity contribution in [2.24, 2.45) is 0 Å². The third kappa shape index (κ3) is 8.66. The Labute approximate surface area is 262 Å². The number of terminal acetylenes is 1. The number of anilines is 1. The number of aliphatic hydroxyl groups excluding tert-OH is 1. The molecular weight excluding hydrogens is 583 g/mol. The van der Waals surface area contributed by atoms with Crippen molar-refractivity contribution in [2.45, 2.75) is 38.8 Å². The van der Waals surface area contributed by atoms with E-state index < -0.39 is 12.4 Å². The largest absolute Gasteiger partial charge is 0.473 e. The molecule has 0 bridgehead atoms. The fourth-order valence-electron chi connectivity index (χ4n) is 5.25. The summed E-state index contributed by atoms with van der Waals surface area (Å²) in [4.78, 5) is 21.5. The van der Waals surface area contributed by atoms with Gasteiger partial charge in [-0.1, -0.05) is 41.0 Å². The number of nitrogens with zero attached hydrogens (tertiary/aromatic N) is 4. The molecule has 0 atom stereocenters. The van der Waals surface area contributed by atoms with Gasteiger partial charge in [0.05, 0.1) is 12.7 Å². The van der Waals surface area contributed by atoms with E-state index in [-0.39, 0.29) is 12.4 Å². The Hall–Kier alpha value is -4.23. The second-order valence-electron chi connectivity index (χ2n) is 10.5. The van der Waals surface area contributed by atoms with Crippen LogP contribution < -0.4 is 9.64 Å². The number of pyridine rings is 1. The van der Waals surface area contributed by atoms with Gasteiger partial charge >= 0.3 is 0 Å². The molecule has 3 heterocycles. The zero-order chi connectivity index (χ0) is 31.5. The van der Waals surface area contributed by atoms with Crippen LogP contribution in [0.3, 0.4) is 0 Å². The first-order valence-electron chi connectivity index (χ1n) is 14.4. The summed E-state index contributed by atoms with van der Waals surface area (Å²) in [5, 5.41) is 13.5. The standard InChI is InChI=1S/C32H34ClFN4O4.C2H2/c1-22-5-6-24(31(40)20-39)17-30(22)38(19-27-9-12-35-42-27)16-15-37-13-10-23(11-14-37)29-3-2-4-32(36-29)41-21-25-7-8-26(33)18-28(25)34;1-2/h2-9,12,17-18,23,39H,10-11,13-16,19-21H2,1H3;1-2H. The van der Waals surface area contributed by atoms with Crippen LogP contribution in [-0.2, 0) is 13.2 Å². The Morgan fingerprint density at radius 1 is 1.16 bits per heavy atom. The SMILES string of the molecule is C#C.Cc1ccc(C(=O)CO)cc1N(CCN1CCC(c2cccc(OCc3ccc(Cl)cc3F)n2)CC1)Cc1ccno1. The van der Waals surface area contributed by atoms with Crippen LogP contribution in [0.2, 0.25) is 5.02 Å². The van der Waals surface area contributed by atoms with Gasteiger partial charge in [-0.25, -0.2) is 9.37 Å². The van der Waals surface area contributed by atoms with E-state index in [9.17, 15) is 14.3 Å². The Balaban J connectivity index is 0.00000216. The van der Waals surface area contributed by atoms with E-state index in [1.165, 1.54) is 6.07 Å². The predicted octanol–water partition coefficient (Wildman–Crippen LogP) is 6.06. The first-order chi connectivity index (χ1) is 21.4. The fourth-order valence-corrected chi connectivity index (χ4v) is 5.41. The quantitative estimate of drug-likeness (QED) is 0.151. The van der Waals surface area contributed by atoms with Crippen molar-refractivity contribution in [3.8, 4) is 18.7 Å². The number of aromatic nitrogens is 2. The molecule has 1 fully saturated rings. The number of ether oxygens (including phenoxy) is 1. The van der Waals surface area contributed by atoms with Crippen molar-refractivity contribution < 1.29 is 23.6 Å². The Bertz CT molecular complexity index is 1540. The minimum atomic E-state index is -0.523. The lowest BCUT2D eigenvalue weighted by atomic mass is 9.93. The molecule has 10 heteroatoms. The second-order valence-corrected chi connectivity index (χ2v) is 11.0. The molecule has 1 aliphatic heterocycles. The van der Waals surface area contributed by atoms with Crippen LogP contribution in [0.25, 0.3) is 0 Å². The van der Waals surface area contributed by atoms with Crippen LogP contribution in [0.5, 0.6) is 5.88 Å². The number of aryl methyl sites for hydroxylation is 1. The summed E-state index contributed by atoms with van der Waals surface area (Å²) >= 11 is 5.85. The molecule has 0 saturated carbocycles. The third-order valence-corrected chi connectivity index (χ3v) is 7.92. The summed E-state index contributed by atoms with van der Waals surface area (Å²) in [6, 6.07) is 17.6. The highest BCUT2D eigenvalue weighted by molar-refractivity contribution is 6.30. The number of hydrogen-bond donors (Lipinski definition) is 1. The maximum absolute atomic E-state index is 14.1. The monoisotopic (exact) mass is 618 g/mol. The molecular formula is C34H36ClFN4O4. The van der Waals surface area contributed by atoms with Crippen LogP contribution >= 0.6 is 11.6 Å². The molecule has 8 nitrogen and oxygen atoms in total. The number of rotatable bonds is 12. The van der Waals surface area contributed by atoms with Gasteiger partial charge in [0.15, 0.2) is 11.5 Å². The highest BCUT2D eigenvalue weighted by Gasteiger charge is 2.23. The van der Waals surface area contributed by atoms with Gasteiger partial charge in [0.25, 0.3) is 0 Å². The number of halogens is 2. The number of hydrogen-bond acceptors (Lipinski definition) is 8. The predicted molar refractivity (Wildman–Crippen MR) is 168 cm³/mol. The number of piperidine rings is 1. The minimum Gasteiger partial charge on any atom is -0.473 e. The Morgan fingerprint density at radius 2 is 1.95 bits per heavy atom. The number of aliphatic hydroxyl groups is 1. The molecule has 1 aliphatic rings. The van der Waals surface area contributed by atoms with Gasteiger partial charge in [0, 0.05) is 58.7 Å². The lowest BCUT2D eigenvalue weighted by Crippen LogP contribution is -2.39. The molecule has 0 aliphatic carbocycles. The van der Waals surface area contributed by atoms with Gasteiger partial charge in [0.2, 0.25) is 5.88 Å². The third-order valence-electron chi connectivity index (χ3n) is 7.68. The topological polar surface area (TPSA) is 91.9 Å². The van der Waals surface area contributed by atoms with E-state index >= 15 is 0 Å². The minimum absolute atomic E-state index is 0.0824.